The summed E-state index contributed by atoms with van der Waals surface area (Å²) in [5, 5.41) is 4.19. The van der Waals surface area contributed by atoms with Crippen molar-refractivity contribution in [2.45, 2.75) is 0 Å². The average molecular weight is 370 g/mol. The lowest BCUT2D eigenvalue weighted by atomic mass is 10.1. The summed E-state index contributed by atoms with van der Waals surface area (Å²) in [4.78, 5) is 8.82. The summed E-state index contributed by atoms with van der Waals surface area (Å²) in [6, 6.07) is 14.5. The van der Waals surface area contributed by atoms with Gasteiger partial charge in [-0.3, -0.25) is 0 Å². The fourth-order valence-corrected chi connectivity index (χ4v) is 2.87. The predicted octanol–water partition coefficient (Wildman–Crippen LogP) is 4.52. The molecule has 2 aromatic heterocycles. The molecule has 0 saturated carbocycles. The first-order valence-corrected chi connectivity index (χ1v) is 7.81. The van der Waals surface area contributed by atoms with E-state index in [2.05, 4.69) is 32.0 Å². The lowest BCUT2D eigenvalue weighted by molar-refractivity contribution is 0.632. The van der Waals surface area contributed by atoms with Gasteiger partial charge in [-0.1, -0.05) is 18.2 Å². The summed E-state index contributed by atoms with van der Waals surface area (Å²) in [5.41, 5.74) is 9.29. The van der Waals surface area contributed by atoms with Crippen molar-refractivity contribution in [3.8, 4) is 11.3 Å². The van der Waals surface area contributed by atoms with Crippen LogP contribution in [-0.4, -0.2) is 14.5 Å². The second kappa shape index (κ2) is 7.01. The number of aryl methyl sites for hydroxylation is 1. The lowest BCUT2D eigenvalue weighted by Gasteiger charge is -2.07. The molecule has 0 aliphatic rings. The molecule has 0 aliphatic heterocycles. The molecule has 7 heteroatoms. The van der Waals surface area contributed by atoms with Gasteiger partial charge in [0.2, 0.25) is 5.95 Å². The van der Waals surface area contributed by atoms with E-state index in [1.165, 1.54) is 12.1 Å². The van der Waals surface area contributed by atoms with Crippen molar-refractivity contribution < 1.29 is 4.39 Å². The molecule has 4 rings (SSSR count). The Hall–Kier alpha value is -3.12. The maximum atomic E-state index is 13.3. The van der Waals surface area contributed by atoms with Gasteiger partial charge in [-0.15, -0.1) is 12.4 Å². The SMILES string of the molecule is Cl.Cn1cc(-c2ccnc(Nc3ccc(F)c(N)c3)n2)c2ccccc21. The van der Waals surface area contributed by atoms with Crippen LogP contribution in [0.15, 0.2) is 60.9 Å². The topological polar surface area (TPSA) is 68.8 Å². The highest BCUT2D eigenvalue weighted by molar-refractivity contribution is 5.95. The highest BCUT2D eigenvalue weighted by Gasteiger charge is 2.10. The Bertz CT molecular complexity index is 1080. The molecule has 4 aromatic rings. The maximum absolute atomic E-state index is 13.3. The number of nitrogen functional groups attached to an aromatic ring is 1. The van der Waals surface area contributed by atoms with E-state index >= 15 is 0 Å². The molecule has 2 aromatic carbocycles. The van der Waals surface area contributed by atoms with Crippen LogP contribution in [0.3, 0.4) is 0 Å². The summed E-state index contributed by atoms with van der Waals surface area (Å²) < 4.78 is 15.4. The summed E-state index contributed by atoms with van der Waals surface area (Å²) in [6.07, 6.45) is 3.74. The van der Waals surface area contributed by atoms with Gasteiger partial charge in [-0.2, -0.15) is 0 Å². The number of benzene rings is 2. The summed E-state index contributed by atoms with van der Waals surface area (Å²) >= 11 is 0. The Balaban J connectivity index is 0.00000196. The molecule has 0 saturated heterocycles. The molecule has 3 N–H and O–H groups in total. The maximum Gasteiger partial charge on any atom is 0.227 e. The summed E-state index contributed by atoms with van der Waals surface area (Å²) in [5.74, 6) is -0.0209. The van der Waals surface area contributed by atoms with E-state index in [0.717, 1.165) is 22.2 Å². The van der Waals surface area contributed by atoms with E-state index in [9.17, 15) is 4.39 Å². The predicted molar refractivity (Wildman–Crippen MR) is 105 cm³/mol. The first-order chi connectivity index (χ1) is 12.1. The molecule has 26 heavy (non-hydrogen) atoms. The van der Waals surface area contributed by atoms with Crippen molar-refractivity contribution in [2.24, 2.45) is 7.05 Å². The molecule has 5 nitrogen and oxygen atoms in total. The number of nitrogens with zero attached hydrogens (tertiary/aromatic N) is 3. The number of fused-ring (bicyclic) bond motifs is 1. The van der Waals surface area contributed by atoms with Gasteiger partial charge in [0, 0.05) is 41.6 Å². The van der Waals surface area contributed by atoms with Gasteiger partial charge in [0.15, 0.2) is 0 Å². The molecule has 0 bridgehead atoms. The molecule has 0 amide bonds. The Labute approximate surface area is 156 Å². The minimum atomic E-state index is -0.448. The third-order valence-electron chi connectivity index (χ3n) is 4.08. The minimum absolute atomic E-state index is 0. The Morgan fingerprint density at radius 3 is 2.73 bits per heavy atom. The van der Waals surface area contributed by atoms with Gasteiger partial charge in [0.1, 0.15) is 5.82 Å². The molecule has 0 unspecified atom stereocenters. The number of hydrogen-bond acceptors (Lipinski definition) is 4. The van der Waals surface area contributed by atoms with Crippen LogP contribution in [0, 0.1) is 5.82 Å². The van der Waals surface area contributed by atoms with E-state index in [0.29, 0.717) is 11.6 Å². The normalized spacial score (nSPS) is 10.5. The molecule has 0 radical (unpaired) electrons. The van der Waals surface area contributed by atoms with E-state index in [1.807, 2.05) is 31.4 Å². The van der Waals surface area contributed by atoms with Crippen molar-refractivity contribution in [2.75, 3.05) is 11.1 Å². The molecular formula is C19H17ClFN5. The van der Waals surface area contributed by atoms with Gasteiger partial charge >= 0.3 is 0 Å². The second-order valence-electron chi connectivity index (χ2n) is 5.80. The van der Waals surface area contributed by atoms with E-state index in [1.54, 1.807) is 12.3 Å². The van der Waals surface area contributed by atoms with Crippen LogP contribution < -0.4 is 11.1 Å². The number of anilines is 3. The Kier molecular flexibility index (Phi) is 4.77. The van der Waals surface area contributed by atoms with Crippen LogP contribution in [0.5, 0.6) is 0 Å². The zero-order valence-corrected chi connectivity index (χ0v) is 14.8. The third-order valence-corrected chi connectivity index (χ3v) is 4.08. The monoisotopic (exact) mass is 369 g/mol. The van der Waals surface area contributed by atoms with Gasteiger partial charge < -0.3 is 15.6 Å². The van der Waals surface area contributed by atoms with Gasteiger partial charge in [0.05, 0.1) is 11.4 Å². The second-order valence-corrected chi connectivity index (χ2v) is 5.80. The Morgan fingerprint density at radius 2 is 1.92 bits per heavy atom. The smallest absolute Gasteiger partial charge is 0.227 e. The number of nitrogens with one attached hydrogen (secondary N) is 1. The quantitative estimate of drug-likeness (QED) is 0.521. The number of hydrogen-bond donors (Lipinski definition) is 2. The van der Waals surface area contributed by atoms with Crippen LogP contribution in [0.4, 0.5) is 21.7 Å². The van der Waals surface area contributed by atoms with Crippen LogP contribution in [0.2, 0.25) is 0 Å². The molecule has 132 valence electrons. The first kappa shape index (κ1) is 17.7. The molecule has 0 fully saturated rings. The number of halogens is 2. The van der Waals surface area contributed by atoms with Crippen molar-refractivity contribution in [3.05, 3.63) is 66.7 Å². The average Bonchev–Trinajstić information content (AvgIpc) is 2.96. The van der Waals surface area contributed by atoms with E-state index in [-0.39, 0.29) is 18.1 Å². The van der Waals surface area contributed by atoms with Crippen LogP contribution in [0.1, 0.15) is 0 Å². The summed E-state index contributed by atoms with van der Waals surface area (Å²) in [6.45, 7) is 0. The Morgan fingerprint density at radius 1 is 1.12 bits per heavy atom. The number of nitrogens with two attached hydrogens (primary N) is 1. The number of aromatic nitrogens is 3. The van der Waals surface area contributed by atoms with Crippen LogP contribution in [0.25, 0.3) is 22.2 Å². The third kappa shape index (κ3) is 3.19. The van der Waals surface area contributed by atoms with E-state index < -0.39 is 5.82 Å². The fraction of sp³-hybridized carbons (Fsp3) is 0.0526. The highest BCUT2D eigenvalue weighted by Crippen LogP contribution is 2.29. The van der Waals surface area contributed by atoms with Crippen molar-refractivity contribution >= 4 is 40.6 Å². The number of rotatable bonds is 3. The molecular weight excluding hydrogens is 353 g/mol. The fourth-order valence-electron chi connectivity index (χ4n) is 2.87. The van der Waals surface area contributed by atoms with Crippen molar-refractivity contribution in [1.82, 2.24) is 14.5 Å². The first-order valence-electron chi connectivity index (χ1n) is 7.81. The van der Waals surface area contributed by atoms with Crippen LogP contribution in [-0.2, 0) is 7.05 Å². The molecule has 2 heterocycles. The van der Waals surface area contributed by atoms with Crippen LogP contribution >= 0.6 is 12.4 Å². The van der Waals surface area contributed by atoms with Crippen molar-refractivity contribution in [1.29, 1.82) is 0 Å². The lowest BCUT2D eigenvalue weighted by Crippen LogP contribution is -1.99. The zero-order valence-electron chi connectivity index (χ0n) is 14.0. The van der Waals surface area contributed by atoms with E-state index in [4.69, 9.17) is 5.73 Å². The molecule has 0 spiro atoms. The standard InChI is InChI=1S/C19H16FN5.ClH/c1-25-11-14(13-4-2-3-5-18(13)25)17-8-9-22-19(24-17)23-12-6-7-15(20)16(21)10-12;/h2-11H,21H2,1H3,(H,22,23,24);1H. The van der Waals surface area contributed by atoms with Gasteiger partial charge in [-0.25, -0.2) is 14.4 Å². The van der Waals surface area contributed by atoms with Crippen molar-refractivity contribution in [3.63, 3.8) is 0 Å². The minimum Gasteiger partial charge on any atom is -0.396 e. The number of para-hydroxylation sites is 1. The molecule has 0 aliphatic carbocycles. The zero-order chi connectivity index (χ0) is 17.4. The van der Waals surface area contributed by atoms with Gasteiger partial charge in [0.25, 0.3) is 0 Å². The molecule has 0 atom stereocenters. The summed E-state index contributed by atoms with van der Waals surface area (Å²) in [7, 11) is 2.01. The largest absolute Gasteiger partial charge is 0.396 e. The van der Waals surface area contributed by atoms with Gasteiger partial charge in [-0.05, 0) is 30.3 Å². The highest BCUT2D eigenvalue weighted by atomic mass is 35.5.